The van der Waals surface area contributed by atoms with Crippen LogP contribution in [0.5, 0.6) is 0 Å². The standard InChI is InChI=1S/C23H21FN2O4.C8H19NO.C2H6/c1-11-6-19-22-15(8-26(19)23(29)16(11)10-30-20(28)9-27)14-5-3-4-13-12(2)17(24)7-18(25-22)21(13)14;1-7(2)10-6-8(3,4)5-9;1-2/h6-7,27H,3-5,8-10H2,1-2H3;7H,5-6,9H2,1-4H3;1-2H3. The Bertz CT molecular complexity index is 1510. The number of fused-ring (bicyclic) bond motifs is 4. The summed E-state index contributed by atoms with van der Waals surface area (Å²) in [6, 6.07) is 3.37. The second-order valence-corrected chi connectivity index (χ2v) is 11.8. The van der Waals surface area contributed by atoms with Crippen molar-refractivity contribution >= 4 is 16.9 Å². The van der Waals surface area contributed by atoms with E-state index in [0.29, 0.717) is 47.1 Å². The van der Waals surface area contributed by atoms with Crippen LogP contribution in [0.2, 0.25) is 0 Å². The summed E-state index contributed by atoms with van der Waals surface area (Å²) < 4.78 is 26.6. The van der Waals surface area contributed by atoms with Gasteiger partial charge < -0.3 is 24.9 Å². The molecule has 1 aliphatic heterocycles. The first kappa shape index (κ1) is 33.4. The third kappa shape index (κ3) is 6.90. The van der Waals surface area contributed by atoms with E-state index in [4.69, 9.17) is 25.3 Å². The van der Waals surface area contributed by atoms with Gasteiger partial charge in [-0.1, -0.05) is 27.7 Å². The maximum absolute atomic E-state index is 14.5. The molecule has 8 nitrogen and oxygen atoms in total. The zero-order valence-electron chi connectivity index (χ0n) is 26.3. The van der Waals surface area contributed by atoms with Crippen molar-refractivity contribution in [3.63, 3.8) is 0 Å². The first-order chi connectivity index (χ1) is 19.9. The Hall–Kier alpha value is -3.14. The largest absolute Gasteiger partial charge is 0.459 e. The molecule has 5 rings (SSSR count). The maximum Gasteiger partial charge on any atom is 0.332 e. The molecule has 0 spiro atoms. The molecule has 0 atom stereocenters. The van der Waals surface area contributed by atoms with Crippen LogP contribution in [0.25, 0.3) is 22.3 Å². The van der Waals surface area contributed by atoms with Gasteiger partial charge in [-0.2, -0.15) is 0 Å². The van der Waals surface area contributed by atoms with Gasteiger partial charge >= 0.3 is 5.97 Å². The van der Waals surface area contributed by atoms with Crippen molar-refractivity contribution < 1.29 is 23.8 Å². The van der Waals surface area contributed by atoms with Crippen molar-refractivity contribution in [3.05, 3.63) is 61.7 Å². The molecule has 0 saturated carbocycles. The number of esters is 1. The van der Waals surface area contributed by atoms with E-state index in [-0.39, 0.29) is 23.4 Å². The number of pyridine rings is 2. The van der Waals surface area contributed by atoms with E-state index in [1.165, 1.54) is 6.07 Å². The van der Waals surface area contributed by atoms with Crippen LogP contribution in [0.3, 0.4) is 0 Å². The number of carbonyl (C=O) groups is 1. The minimum absolute atomic E-state index is 0.129. The zero-order chi connectivity index (χ0) is 31.4. The second-order valence-electron chi connectivity index (χ2n) is 11.8. The van der Waals surface area contributed by atoms with Crippen LogP contribution >= 0.6 is 0 Å². The number of nitrogens with zero attached hydrogens (tertiary/aromatic N) is 2. The molecule has 0 radical (unpaired) electrons. The fourth-order valence-electron chi connectivity index (χ4n) is 5.25. The number of nitrogens with two attached hydrogens (primary N) is 1. The fourth-order valence-corrected chi connectivity index (χ4v) is 5.25. The monoisotopic (exact) mass is 583 g/mol. The Morgan fingerprint density at radius 3 is 2.45 bits per heavy atom. The first-order valence-electron chi connectivity index (χ1n) is 14.8. The van der Waals surface area contributed by atoms with E-state index in [1.54, 1.807) is 11.5 Å². The number of benzene rings is 1. The normalized spacial score (nSPS) is 13.1. The minimum atomic E-state index is -0.773. The summed E-state index contributed by atoms with van der Waals surface area (Å²) in [4.78, 5) is 29.2. The molecule has 9 heteroatoms. The van der Waals surface area contributed by atoms with Gasteiger partial charge in [-0.25, -0.2) is 14.2 Å². The summed E-state index contributed by atoms with van der Waals surface area (Å²) in [5.41, 5.74) is 12.4. The number of ether oxygens (including phenoxy) is 2. The van der Waals surface area contributed by atoms with Gasteiger partial charge in [-0.3, -0.25) is 4.79 Å². The van der Waals surface area contributed by atoms with Crippen molar-refractivity contribution in [3.8, 4) is 11.4 Å². The molecule has 1 aromatic carbocycles. The van der Waals surface area contributed by atoms with Crippen LogP contribution in [0.15, 0.2) is 16.9 Å². The molecular formula is C33H46FN3O5. The number of aliphatic hydroxyl groups excluding tert-OH is 1. The Kier molecular flexibility index (Phi) is 11.0. The topological polar surface area (TPSA) is 117 Å². The SMILES string of the molecule is CC.CC(C)OCC(C)(C)CN.Cc1cc2n(c(=O)c1COC(=O)CO)Cc1c-2nc2cc(F)c(C)c3c2c1CCC3. The van der Waals surface area contributed by atoms with Gasteiger partial charge in [0, 0.05) is 22.4 Å². The van der Waals surface area contributed by atoms with E-state index in [2.05, 4.69) is 13.8 Å². The van der Waals surface area contributed by atoms with Gasteiger partial charge in [0.1, 0.15) is 19.0 Å². The first-order valence-corrected chi connectivity index (χ1v) is 14.8. The van der Waals surface area contributed by atoms with Crippen LogP contribution in [0, 0.1) is 25.1 Å². The van der Waals surface area contributed by atoms with Gasteiger partial charge in [0.05, 0.1) is 41.7 Å². The Morgan fingerprint density at radius 1 is 1.17 bits per heavy atom. The van der Waals surface area contributed by atoms with Gasteiger partial charge in [0.15, 0.2) is 0 Å². The minimum Gasteiger partial charge on any atom is -0.459 e. The van der Waals surface area contributed by atoms with Gasteiger partial charge in [0.25, 0.3) is 5.56 Å². The van der Waals surface area contributed by atoms with Gasteiger partial charge in [0.2, 0.25) is 0 Å². The molecule has 0 amide bonds. The molecule has 3 N–H and O–H groups in total. The molecule has 0 saturated heterocycles. The highest BCUT2D eigenvalue weighted by Crippen LogP contribution is 2.41. The van der Waals surface area contributed by atoms with Gasteiger partial charge in [-0.05, 0) is 81.8 Å². The molecule has 0 unspecified atom stereocenters. The fraction of sp³-hybridized carbons (Fsp3) is 0.545. The van der Waals surface area contributed by atoms with Crippen LogP contribution in [-0.2, 0) is 40.3 Å². The van der Waals surface area contributed by atoms with Crippen molar-refractivity contribution in [1.29, 1.82) is 0 Å². The molecular weight excluding hydrogens is 537 g/mol. The summed E-state index contributed by atoms with van der Waals surface area (Å²) in [5, 5.41) is 9.88. The van der Waals surface area contributed by atoms with Crippen LogP contribution in [0.1, 0.15) is 81.3 Å². The van der Waals surface area contributed by atoms with Crippen LogP contribution in [-0.4, -0.2) is 46.5 Å². The smallest absolute Gasteiger partial charge is 0.332 e. The molecule has 3 heterocycles. The van der Waals surface area contributed by atoms with E-state index in [0.717, 1.165) is 53.6 Å². The summed E-state index contributed by atoms with van der Waals surface area (Å²) in [5.74, 6) is -1.02. The lowest BCUT2D eigenvalue weighted by Gasteiger charge is -2.23. The number of aliphatic hydroxyl groups is 1. The van der Waals surface area contributed by atoms with E-state index < -0.39 is 12.6 Å². The number of rotatable bonds is 7. The molecule has 0 bridgehead atoms. The van der Waals surface area contributed by atoms with Crippen molar-refractivity contribution in [1.82, 2.24) is 9.55 Å². The molecule has 1 aliphatic carbocycles. The average Bonchev–Trinajstić information content (AvgIpc) is 3.34. The highest BCUT2D eigenvalue weighted by molar-refractivity contribution is 5.92. The highest BCUT2D eigenvalue weighted by Gasteiger charge is 2.30. The average molecular weight is 584 g/mol. The molecule has 230 valence electrons. The molecule has 42 heavy (non-hydrogen) atoms. The lowest BCUT2D eigenvalue weighted by Crippen LogP contribution is -2.30. The lowest BCUT2D eigenvalue weighted by molar-refractivity contribution is -0.148. The highest BCUT2D eigenvalue weighted by atomic mass is 19.1. The molecule has 2 aliphatic rings. The molecule has 2 aromatic heterocycles. The quantitative estimate of drug-likeness (QED) is 0.290. The van der Waals surface area contributed by atoms with Crippen LogP contribution < -0.4 is 11.3 Å². The van der Waals surface area contributed by atoms with Crippen molar-refractivity contribution in [2.45, 2.75) is 93.9 Å². The predicted molar refractivity (Wildman–Crippen MR) is 164 cm³/mol. The van der Waals surface area contributed by atoms with Crippen LogP contribution in [0.4, 0.5) is 4.39 Å². The Morgan fingerprint density at radius 2 is 1.83 bits per heavy atom. The summed E-state index contributed by atoms with van der Waals surface area (Å²) >= 11 is 0. The number of hydrogen-bond donors (Lipinski definition) is 2. The third-order valence-electron chi connectivity index (χ3n) is 7.72. The van der Waals surface area contributed by atoms with Crippen molar-refractivity contribution in [2.24, 2.45) is 11.1 Å². The van der Waals surface area contributed by atoms with Crippen molar-refractivity contribution in [2.75, 3.05) is 19.8 Å². The lowest BCUT2D eigenvalue weighted by atomic mass is 9.85. The van der Waals surface area contributed by atoms with Gasteiger partial charge in [-0.15, -0.1) is 0 Å². The van der Waals surface area contributed by atoms with E-state index in [1.807, 2.05) is 40.7 Å². The Balaban J connectivity index is 0.000000345. The molecule has 0 fully saturated rings. The van der Waals surface area contributed by atoms with E-state index in [9.17, 15) is 14.0 Å². The summed E-state index contributed by atoms with van der Waals surface area (Å²) in [6.07, 6.45) is 2.96. The van der Waals surface area contributed by atoms with E-state index >= 15 is 0 Å². The predicted octanol–water partition coefficient (Wildman–Crippen LogP) is 5.13. The number of carbonyl (C=O) groups excluding carboxylic acids is 1. The number of aryl methyl sites for hydroxylation is 3. The Labute approximate surface area is 248 Å². The second kappa shape index (κ2) is 13.9. The summed E-state index contributed by atoms with van der Waals surface area (Å²) in [6.45, 7) is 16.8. The number of hydrogen-bond acceptors (Lipinski definition) is 7. The third-order valence-corrected chi connectivity index (χ3v) is 7.72. The molecule has 3 aromatic rings. The zero-order valence-corrected chi connectivity index (χ0v) is 26.3. The number of aromatic nitrogens is 2. The number of halogens is 1. The maximum atomic E-state index is 14.5. The summed E-state index contributed by atoms with van der Waals surface area (Å²) in [7, 11) is 0.